The first-order valence-electron chi connectivity index (χ1n) is 7.37. The average molecular weight is 345 g/mol. The van der Waals surface area contributed by atoms with Gasteiger partial charge in [-0.1, -0.05) is 17.0 Å². The Labute approximate surface area is 143 Å². The van der Waals surface area contributed by atoms with Gasteiger partial charge < -0.3 is 4.74 Å². The predicted octanol–water partition coefficient (Wildman–Crippen LogP) is 3.26. The predicted molar refractivity (Wildman–Crippen MR) is 89.8 cm³/mol. The molecule has 24 heavy (non-hydrogen) atoms. The maximum atomic E-state index is 13.2. The zero-order chi connectivity index (χ0) is 16.9. The fourth-order valence-electron chi connectivity index (χ4n) is 2.21. The van der Waals surface area contributed by atoms with E-state index in [4.69, 9.17) is 4.74 Å². The lowest BCUT2D eigenvalue weighted by atomic mass is 10.1. The minimum atomic E-state index is -0.297. The smallest absolute Gasteiger partial charge is 0.187 e. The summed E-state index contributed by atoms with van der Waals surface area (Å²) in [5.41, 5.74) is 2.80. The van der Waals surface area contributed by atoms with E-state index >= 15 is 0 Å². The number of benzene rings is 1. The molecular weight excluding hydrogens is 329 g/mol. The topological polar surface area (TPSA) is 65.7 Å². The number of hydrogen-bond donors (Lipinski definition) is 0. The zero-order valence-electron chi connectivity index (χ0n) is 13.3. The molecule has 6 nitrogen and oxygen atoms in total. The van der Waals surface area contributed by atoms with Gasteiger partial charge in [-0.25, -0.2) is 19.0 Å². The van der Waals surface area contributed by atoms with E-state index in [-0.39, 0.29) is 12.5 Å². The van der Waals surface area contributed by atoms with Crippen LogP contribution in [0.15, 0.2) is 41.7 Å². The Morgan fingerprint density at radius 3 is 2.71 bits per heavy atom. The van der Waals surface area contributed by atoms with E-state index < -0.39 is 0 Å². The molecule has 2 heterocycles. The second kappa shape index (κ2) is 7.50. The molecule has 3 rings (SSSR count). The highest BCUT2D eigenvalue weighted by atomic mass is 32.2. The molecule has 0 unspecified atom stereocenters. The SMILES string of the molecule is CCOCn1nnc(-c2ccc(F)cc2)c1-c1ccnc(SC)n1. The van der Waals surface area contributed by atoms with Gasteiger partial charge in [0.15, 0.2) is 5.16 Å². The third-order valence-electron chi connectivity index (χ3n) is 3.33. The lowest BCUT2D eigenvalue weighted by Crippen LogP contribution is -2.07. The van der Waals surface area contributed by atoms with Gasteiger partial charge in [-0.05, 0) is 43.5 Å². The lowest BCUT2D eigenvalue weighted by Gasteiger charge is -2.08. The molecule has 3 aromatic rings. The van der Waals surface area contributed by atoms with Crippen molar-refractivity contribution in [3.05, 3.63) is 42.3 Å². The number of thioether (sulfide) groups is 1. The molecule has 0 saturated carbocycles. The molecule has 8 heteroatoms. The van der Waals surface area contributed by atoms with Gasteiger partial charge in [0.2, 0.25) is 0 Å². The quantitative estimate of drug-likeness (QED) is 0.505. The first kappa shape index (κ1) is 16.5. The van der Waals surface area contributed by atoms with Crippen LogP contribution in [0.2, 0.25) is 0 Å². The summed E-state index contributed by atoms with van der Waals surface area (Å²) < 4.78 is 20.3. The zero-order valence-corrected chi connectivity index (χ0v) is 14.1. The normalized spacial score (nSPS) is 11.0. The Hall–Kier alpha value is -2.32. The molecule has 0 aliphatic carbocycles. The molecule has 0 N–H and O–H groups in total. The van der Waals surface area contributed by atoms with E-state index in [1.165, 1.54) is 23.9 Å². The average Bonchev–Trinajstić information content (AvgIpc) is 3.04. The minimum absolute atomic E-state index is 0.263. The van der Waals surface area contributed by atoms with E-state index in [2.05, 4.69) is 20.3 Å². The van der Waals surface area contributed by atoms with Crippen molar-refractivity contribution in [3.63, 3.8) is 0 Å². The van der Waals surface area contributed by atoms with Gasteiger partial charge in [-0.2, -0.15) is 0 Å². The fraction of sp³-hybridized carbons (Fsp3) is 0.250. The molecule has 2 aromatic heterocycles. The monoisotopic (exact) mass is 345 g/mol. The Morgan fingerprint density at radius 1 is 1.21 bits per heavy atom. The van der Waals surface area contributed by atoms with Crippen LogP contribution in [0.5, 0.6) is 0 Å². The molecule has 1 aromatic carbocycles. The summed E-state index contributed by atoms with van der Waals surface area (Å²) >= 11 is 1.45. The van der Waals surface area contributed by atoms with Crippen LogP contribution in [0.25, 0.3) is 22.6 Å². The molecule has 0 atom stereocenters. The molecule has 0 fully saturated rings. The second-order valence-electron chi connectivity index (χ2n) is 4.84. The highest BCUT2D eigenvalue weighted by molar-refractivity contribution is 7.98. The van der Waals surface area contributed by atoms with E-state index in [0.717, 1.165) is 5.56 Å². The summed E-state index contributed by atoms with van der Waals surface area (Å²) in [6.07, 6.45) is 3.61. The van der Waals surface area contributed by atoms with E-state index in [0.29, 0.717) is 28.8 Å². The van der Waals surface area contributed by atoms with Crippen LogP contribution in [0.3, 0.4) is 0 Å². The van der Waals surface area contributed by atoms with Gasteiger partial charge in [0.1, 0.15) is 23.9 Å². The van der Waals surface area contributed by atoms with Crippen molar-refractivity contribution in [2.24, 2.45) is 0 Å². The number of halogens is 1. The Bertz CT molecular complexity index is 822. The largest absolute Gasteiger partial charge is 0.359 e. The van der Waals surface area contributed by atoms with Crippen LogP contribution in [0.1, 0.15) is 6.92 Å². The first-order chi connectivity index (χ1) is 11.7. The summed E-state index contributed by atoms with van der Waals surface area (Å²) in [4.78, 5) is 8.72. The third kappa shape index (κ3) is 3.44. The maximum absolute atomic E-state index is 13.2. The Kier molecular flexibility index (Phi) is 5.17. The van der Waals surface area contributed by atoms with Gasteiger partial charge in [-0.3, -0.25) is 0 Å². The number of ether oxygens (including phenoxy) is 1. The molecule has 0 bridgehead atoms. The number of nitrogens with zero attached hydrogens (tertiary/aromatic N) is 5. The second-order valence-corrected chi connectivity index (χ2v) is 5.62. The first-order valence-corrected chi connectivity index (χ1v) is 8.60. The molecule has 0 radical (unpaired) electrons. The highest BCUT2D eigenvalue weighted by Crippen LogP contribution is 2.29. The summed E-state index contributed by atoms with van der Waals surface area (Å²) in [6.45, 7) is 2.73. The number of aromatic nitrogens is 5. The van der Waals surface area contributed by atoms with Crippen LogP contribution in [0, 0.1) is 5.82 Å². The Morgan fingerprint density at radius 2 is 2.00 bits per heavy atom. The maximum Gasteiger partial charge on any atom is 0.187 e. The minimum Gasteiger partial charge on any atom is -0.359 e. The van der Waals surface area contributed by atoms with Gasteiger partial charge >= 0.3 is 0 Å². The van der Waals surface area contributed by atoms with E-state index in [1.54, 1.807) is 29.1 Å². The lowest BCUT2D eigenvalue weighted by molar-refractivity contribution is 0.0790. The van der Waals surface area contributed by atoms with Crippen molar-refractivity contribution >= 4 is 11.8 Å². The standard InChI is InChI=1S/C16H16FN5OS/c1-3-23-10-22-15(13-8-9-18-16(19-13)24-2)14(20-21-22)11-4-6-12(17)7-5-11/h4-9H,3,10H2,1-2H3. The van der Waals surface area contributed by atoms with Gasteiger partial charge in [-0.15, -0.1) is 5.10 Å². The molecule has 0 aliphatic rings. The van der Waals surface area contributed by atoms with Crippen LogP contribution < -0.4 is 0 Å². The number of hydrogen-bond acceptors (Lipinski definition) is 6. The molecule has 0 amide bonds. The van der Waals surface area contributed by atoms with Gasteiger partial charge in [0.05, 0.1) is 5.69 Å². The van der Waals surface area contributed by atoms with Crippen molar-refractivity contribution in [2.45, 2.75) is 18.8 Å². The van der Waals surface area contributed by atoms with Crippen molar-refractivity contribution in [1.82, 2.24) is 25.0 Å². The molecule has 0 aliphatic heterocycles. The molecular formula is C16H16FN5OS. The summed E-state index contributed by atoms with van der Waals surface area (Å²) in [5, 5.41) is 9.06. The number of rotatable bonds is 6. The summed E-state index contributed by atoms with van der Waals surface area (Å²) in [5.74, 6) is -0.297. The summed E-state index contributed by atoms with van der Waals surface area (Å²) in [7, 11) is 0. The van der Waals surface area contributed by atoms with Crippen LogP contribution in [-0.2, 0) is 11.5 Å². The van der Waals surface area contributed by atoms with E-state index in [9.17, 15) is 4.39 Å². The van der Waals surface area contributed by atoms with Gasteiger partial charge in [0, 0.05) is 18.4 Å². The van der Waals surface area contributed by atoms with Crippen LogP contribution >= 0.6 is 11.8 Å². The molecule has 0 spiro atoms. The van der Waals surface area contributed by atoms with Gasteiger partial charge in [0.25, 0.3) is 0 Å². The van der Waals surface area contributed by atoms with Crippen molar-refractivity contribution in [1.29, 1.82) is 0 Å². The summed E-state index contributed by atoms with van der Waals surface area (Å²) in [6, 6.07) is 7.94. The van der Waals surface area contributed by atoms with Crippen LogP contribution in [0.4, 0.5) is 4.39 Å². The van der Waals surface area contributed by atoms with E-state index in [1.807, 2.05) is 13.2 Å². The Balaban J connectivity index is 2.12. The fourth-order valence-corrected chi connectivity index (χ4v) is 2.56. The van der Waals surface area contributed by atoms with Crippen LogP contribution in [-0.4, -0.2) is 37.8 Å². The van der Waals surface area contributed by atoms with Crippen molar-refractivity contribution in [3.8, 4) is 22.6 Å². The van der Waals surface area contributed by atoms with Crippen molar-refractivity contribution < 1.29 is 9.13 Å². The molecule has 0 saturated heterocycles. The highest BCUT2D eigenvalue weighted by Gasteiger charge is 2.18. The molecule has 124 valence electrons. The van der Waals surface area contributed by atoms with Crippen molar-refractivity contribution in [2.75, 3.05) is 12.9 Å². The third-order valence-corrected chi connectivity index (χ3v) is 3.89.